The summed E-state index contributed by atoms with van der Waals surface area (Å²) in [4.78, 5) is 0. The Bertz CT molecular complexity index is 104. The van der Waals surface area contributed by atoms with Gasteiger partial charge in [-0.2, -0.15) is 0 Å². The van der Waals surface area contributed by atoms with E-state index in [0.29, 0.717) is 26.2 Å². The van der Waals surface area contributed by atoms with E-state index in [4.69, 9.17) is 53.4 Å². The maximum absolute atomic E-state index is 5.17. The summed E-state index contributed by atoms with van der Waals surface area (Å²) in [5.41, 5.74) is 20.7. The van der Waals surface area contributed by atoms with Gasteiger partial charge in [-0.3, -0.25) is 0 Å². The molecule has 0 aliphatic carbocycles. The normalized spacial score (nSPS) is 9.83. The molecule has 6 nitrogen and oxygen atoms in total. The average molecular weight is 372 g/mol. The Morgan fingerprint density at radius 1 is 0.611 bits per heavy atom. The molecule has 0 heterocycles. The minimum absolute atomic E-state index is 0.694. The molecule has 0 saturated heterocycles. The van der Waals surface area contributed by atoms with E-state index in [1.165, 1.54) is 0 Å². The van der Waals surface area contributed by atoms with Crippen molar-refractivity contribution in [1.29, 1.82) is 0 Å². The standard InChI is InChI=1S/2C4H13N3.3ClH.Co/c2*5-1-3-7-4-2-6;;;;/h2*7H,1-6H2;3*1H;/q;;;;;+3/p-3. The Morgan fingerprint density at radius 3 is 0.889 bits per heavy atom. The topological polar surface area (TPSA) is 128 Å². The second-order valence-corrected chi connectivity index (χ2v) is 7.96. The molecule has 0 atom stereocenters. The van der Waals surface area contributed by atoms with Crippen molar-refractivity contribution in [1.82, 2.24) is 10.6 Å². The molecule has 0 aliphatic rings. The molecule has 0 aromatic heterocycles. The van der Waals surface area contributed by atoms with E-state index in [1.807, 2.05) is 0 Å². The van der Waals surface area contributed by atoms with Gasteiger partial charge in [-0.15, -0.1) is 0 Å². The van der Waals surface area contributed by atoms with Crippen LogP contribution in [0.4, 0.5) is 0 Å². The summed E-state index contributed by atoms with van der Waals surface area (Å²) in [7, 11) is 13.4. The molecule has 0 fully saturated rings. The van der Waals surface area contributed by atoms with E-state index in [9.17, 15) is 0 Å². The zero-order chi connectivity index (χ0) is 14.6. The molecule has 0 saturated carbocycles. The van der Waals surface area contributed by atoms with Gasteiger partial charge in [0.2, 0.25) is 0 Å². The van der Waals surface area contributed by atoms with Crippen molar-refractivity contribution in [2.45, 2.75) is 0 Å². The molecular weight excluding hydrogens is 345 g/mol. The Morgan fingerprint density at radius 2 is 0.778 bits per heavy atom. The molecule has 0 aromatic carbocycles. The van der Waals surface area contributed by atoms with Crippen LogP contribution in [0.5, 0.6) is 0 Å². The van der Waals surface area contributed by atoms with Crippen LogP contribution in [0.3, 0.4) is 0 Å². The van der Waals surface area contributed by atoms with E-state index in [0.717, 1.165) is 26.2 Å². The first-order valence-electron chi connectivity index (χ1n) is 5.43. The molecule has 10 N–H and O–H groups in total. The molecule has 0 unspecified atom stereocenters. The predicted molar refractivity (Wildman–Crippen MR) is 79.5 cm³/mol. The zero-order valence-corrected chi connectivity index (χ0v) is 13.7. The number of nitrogens with one attached hydrogen (secondary N) is 2. The van der Waals surface area contributed by atoms with Crippen LogP contribution >= 0.6 is 30.4 Å². The van der Waals surface area contributed by atoms with Crippen molar-refractivity contribution in [3.8, 4) is 0 Å². The maximum atomic E-state index is 5.17. The quantitative estimate of drug-likeness (QED) is 0.305. The third kappa shape index (κ3) is 53.5. The van der Waals surface area contributed by atoms with Crippen LogP contribution in [0, 0.1) is 0 Å². The van der Waals surface area contributed by atoms with Gasteiger partial charge in [0.05, 0.1) is 0 Å². The van der Waals surface area contributed by atoms with Crippen molar-refractivity contribution in [2.24, 2.45) is 22.9 Å². The number of rotatable bonds is 8. The van der Waals surface area contributed by atoms with Gasteiger partial charge in [-0.25, -0.2) is 0 Å². The van der Waals surface area contributed by atoms with Crippen LogP contribution in [0.1, 0.15) is 0 Å². The Kier molecular flexibility index (Phi) is 35.8. The molecule has 18 heavy (non-hydrogen) atoms. The second kappa shape index (κ2) is 26.7. The fourth-order valence-corrected chi connectivity index (χ4v) is 0.658. The molecule has 0 bridgehead atoms. The number of nitrogens with two attached hydrogens (primary N) is 4. The Hall–Kier alpha value is 1.14. The molecular formula is C8H26Cl3CoN6. The fourth-order valence-electron chi connectivity index (χ4n) is 0.658. The van der Waals surface area contributed by atoms with Gasteiger partial charge in [-0.1, -0.05) is 0 Å². The summed E-state index contributed by atoms with van der Waals surface area (Å²) >= 11 is 0. The zero-order valence-electron chi connectivity index (χ0n) is 10.4. The number of hydrogen-bond donors (Lipinski definition) is 6. The summed E-state index contributed by atoms with van der Waals surface area (Å²) in [5.74, 6) is 0. The van der Waals surface area contributed by atoms with Gasteiger partial charge in [-0.05, 0) is 0 Å². The number of hydrogen-bond acceptors (Lipinski definition) is 6. The molecule has 0 amide bonds. The first kappa shape index (κ1) is 24.2. The summed E-state index contributed by atoms with van der Waals surface area (Å²) < 4.78 is 0. The number of halogens is 3. The van der Waals surface area contributed by atoms with Gasteiger partial charge in [0, 0.05) is 52.4 Å². The minimum atomic E-state index is -1.19. The SMILES string of the molecule is NCCNCCN.NCCNCCN.[Cl][Co]([Cl])[Cl]. The van der Waals surface area contributed by atoms with Crippen molar-refractivity contribution < 1.29 is 10.9 Å². The molecule has 0 aliphatic heterocycles. The predicted octanol–water partition coefficient (Wildman–Crippen LogP) is -0.947. The van der Waals surface area contributed by atoms with Crippen LogP contribution in [0.25, 0.3) is 0 Å². The summed E-state index contributed by atoms with van der Waals surface area (Å²) in [6, 6.07) is 0. The second-order valence-electron chi connectivity index (χ2n) is 2.80. The van der Waals surface area contributed by atoms with Gasteiger partial charge in [0.15, 0.2) is 0 Å². The fraction of sp³-hybridized carbons (Fsp3) is 1.00. The van der Waals surface area contributed by atoms with E-state index in [1.54, 1.807) is 0 Å². The molecule has 0 rings (SSSR count). The van der Waals surface area contributed by atoms with Crippen LogP contribution in [-0.2, 0) is 10.9 Å². The Labute approximate surface area is 127 Å². The van der Waals surface area contributed by atoms with Gasteiger partial charge < -0.3 is 33.6 Å². The van der Waals surface area contributed by atoms with Gasteiger partial charge in [0.1, 0.15) is 0 Å². The molecule has 0 spiro atoms. The summed E-state index contributed by atoms with van der Waals surface area (Å²) in [6.07, 6.45) is 0. The van der Waals surface area contributed by atoms with Gasteiger partial charge in [0.25, 0.3) is 0 Å². The summed E-state index contributed by atoms with van der Waals surface area (Å²) in [5, 5.41) is 6.07. The van der Waals surface area contributed by atoms with E-state index < -0.39 is 10.9 Å². The average Bonchev–Trinajstić information content (AvgIpc) is 2.31. The first-order chi connectivity index (χ1) is 8.56. The summed E-state index contributed by atoms with van der Waals surface area (Å²) in [6.45, 7) is 6.27. The van der Waals surface area contributed by atoms with Crippen LogP contribution in [0.15, 0.2) is 0 Å². The third-order valence-electron chi connectivity index (χ3n) is 1.28. The van der Waals surface area contributed by atoms with E-state index in [2.05, 4.69) is 10.6 Å². The van der Waals surface area contributed by atoms with E-state index in [-0.39, 0.29) is 0 Å². The monoisotopic (exact) mass is 370 g/mol. The third-order valence-corrected chi connectivity index (χ3v) is 1.28. The van der Waals surface area contributed by atoms with Crippen molar-refractivity contribution in [3.63, 3.8) is 0 Å². The van der Waals surface area contributed by atoms with Gasteiger partial charge >= 0.3 is 41.4 Å². The molecule has 10 heteroatoms. The van der Waals surface area contributed by atoms with Crippen molar-refractivity contribution >= 4 is 30.4 Å². The van der Waals surface area contributed by atoms with Crippen molar-refractivity contribution in [2.75, 3.05) is 52.4 Å². The first-order valence-corrected chi connectivity index (χ1v) is 9.72. The van der Waals surface area contributed by atoms with Crippen LogP contribution in [0.2, 0.25) is 0 Å². The molecule has 0 radical (unpaired) electrons. The Balaban J connectivity index is -0.000000196. The van der Waals surface area contributed by atoms with E-state index >= 15 is 0 Å². The van der Waals surface area contributed by atoms with Crippen LogP contribution in [-0.4, -0.2) is 52.4 Å². The van der Waals surface area contributed by atoms with Crippen molar-refractivity contribution in [3.05, 3.63) is 0 Å². The molecule has 118 valence electrons. The molecule has 0 aromatic rings. The van der Waals surface area contributed by atoms with Crippen LogP contribution < -0.4 is 33.6 Å².